The van der Waals surface area contributed by atoms with E-state index < -0.39 is 17.8 Å². The summed E-state index contributed by atoms with van der Waals surface area (Å²) in [5.41, 5.74) is 3.47. The van der Waals surface area contributed by atoms with Crippen molar-refractivity contribution in [2.24, 2.45) is 0 Å². The second-order valence-corrected chi connectivity index (χ2v) is 6.87. The molecular formula is C17H16FIN4O3. The number of hydroxylamine groups is 1. The van der Waals surface area contributed by atoms with E-state index in [0.717, 1.165) is 9.09 Å². The number of benzene rings is 1. The third-order valence-corrected chi connectivity index (χ3v) is 4.17. The van der Waals surface area contributed by atoms with Crippen LogP contribution in [-0.4, -0.2) is 33.1 Å². The fourth-order valence-corrected chi connectivity index (χ4v) is 2.76. The fourth-order valence-electron chi connectivity index (χ4n) is 2.30. The van der Waals surface area contributed by atoms with E-state index >= 15 is 0 Å². The van der Waals surface area contributed by atoms with Crippen molar-refractivity contribution < 1.29 is 19.1 Å². The Balaban J connectivity index is 1.96. The number of rotatable bonds is 6. The second-order valence-electron chi connectivity index (χ2n) is 5.62. The van der Waals surface area contributed by atoms with Gasteiger partial charge in [-0.15, -0.1) is 0 Å². The van der Waals surface area contributed by atoms with Crippen LogP contribution in [0.4, 0.5) is 15.9 Å². The van der Waals surface area contributed by atoms with Gasteiger partial charge in [0.1, 0.15) is 24.6 Å². The average Bonchev–Trinajstić information content (AvgIpc) is 3.06. The first kappa shape index (κ1) is 18.5. The number of pyridine rings is 1. The molecule has 2 aromatic heterocycles. The summed E-state index contributed by atoms with van der Waals surface area (Å²) in [6.07, 6.45) is 2.43. The first-order chi connectivity index (χ1) is 12.5. The third kappa shape index (κ3) is 4.11. The molecule has 3 rings (SSSR count). The van der Waals surface area contributed by atoms with E-state index in [1.165, 1.54) is 19.3 Å². The number of fused-ring (bicyclic) bond motifs is 1. The molecule has 0 fully saturated rings. The molecule has 1 amide bonds. The highest BCUT2D eigenvalue weighted by molar-refractivity contribution is 14.1. The molecule has 1 atom stereocenters. The maximum absolute atomic E-state index is 14.2. The Labute approximate surface area is 162 Å². The maximum Gasteiger partial charge on any atom is 0.278 e. The molecular weight excluding hydrogens is 454 g/mol. The van der Waals surface area contributed by atoms with E-state index in [4.69, 9.17) is 4.84 Å². The zero-order valence-corrected chi connectivity index (χ0v) is 15.9. The number of carbonyl (C=O) groups excluding carboxylic acids is 1. The van der Waals surface area contributed by atoms with Crippen molar-refractivity contribution in [1.29, 1.82) is 0 Å². The Morgan fingerprint density at radius 2 is 2.23 bits per heavy atom. The molecule has 0 aliphatic carbocycles. The van der Waals surface area contributed by atoms with Gasteiger partial charge < -0.3 is 10.4 Å². The van der Waals surface area contributed by atoms with Crippen LogP contribution in [0.5, 0.6) is 0 Å². The highest BCUT2D eigenvalue weighted by Gasteiger charge is 2.17. The number of nitrogens with zero attached hydrogens (tertiary/aromatic N) is 2. The highest BCUT2D eigenvalue weighted by atomic mass is 127. The largest absolute Gasteiger partial charge is 0.391 e. The fraction of sp³-hybridized carbons (Fsp3) is 0.176. The van der Waals surface area contributed by atoms with Crippen LogP contribution in [-0.2, 0) is 4.84 Å². The molecule has 0 aliphatic rings. The van der Waals surface area contributed by atoms with Gasteiger partial charge in [-0.1, -0.05) is 0 Å². The lowest BCUT2D eigenvalue weighted by atomic mass is 10.2. The number of hydrogen-bond donors (Lipinski definition) is 3. The van der Waals surface area contributed by atoms with Gasteiger partial charge in [0, 0.05) is 3.57 Å². The molecule has 9 heteroatoms. The van der Waals surface area contributed by atoms with Crippen molar-refractivity contribution in [2.45, 2.75) is 13.0 Å². The lowest BCUT2D eigenvalue weighted by Gasteiger charge is -2.15. The molecule has 0 saturated carbocycles. The van der Waals surface area contributed by atoms with Crippen LogP contribution in [0, 0.1) is 9.39 Å². The summed E-state index contributed by atoms with van der Waals surface area (Å²) in [6, 6.07) is 8.05. The van der Waals surface area contributed by atoms with Crippen LogP contribution >= 0.6 is 22.6 Å². The Bertz CT molecular complexity index is 945. The molecule has 26 heavy (non-hydrogen) atoms. The molecule has 0 aliphatic heterocycles. The van der Waals surface area contributed by atoms with Crippen molar-refractivity contribution in [3.05, 3.63) is 57.8 Å². The molecule has 3 aromatic rings. The highest BCUT2D eigenvalue weighted by Crippen LogP contribution is 2.26. The van der Waals surface area contributed by atoms with E-state index in [1.807, 2.05) is 22.6 Å². The minimum absolute atomic E-state index is 0.0480. The van der Waals surface area contributed by atoms with Crippen molar-refractivity contribution in [2.75, 3.05) is 11.9 Å². The van der Waals surface area contributed by atoms with E-state index in [-0.39, 0.29) is 17.9 Å². The molecule has 7 nitrogen and oxygen atoms in total. The van der Waals surface area contributed by atoms with E-state index in [2.05, 4.69) is 15.8 Å². The van der Waals surface area contributed by atoms with Crippen LogP contribution in [0.25, 0.3) is 5.52 Å². The van der Waals surface area contributed by atoms with Crippen LogP contribution < -0.4 is 10.8 Å². The number of amides is 1. The Kier molecular flexibility index (Phi) is 5.69. The van der Waals surface area contributed by atoms with Crippen molar-refractivity contribution in [1.82, 2.24) is 14.9 Å². The molecule has 0 bridgehead atoms. The summed E-state index contributed by atoms with van der Waals surface area (Å²) < 4.78 is 16.6. The molecule has 2 heterocycles. The molecule has 136 valence electrons. The molecule has 0 spiro atoms. The number of aliphatic hydroxyl groups is 1. The van der Waals surface area contributed by atoms with Gasteiger partial charge in [-0.05, 0) is 59.8 Å². The number of hydrogen-bond acceptors (Lipinski definition) is 5. The van der Waals surface area contributed by atoms with Gasteiger partial charge in [0.15, 0.2) is 0 Å². The van der Waals surface area contributed by atoms with Crippen LogP contribution in [0.2, 0.25) is 0 Å². The van der Waals surface area contributed by atoms with Crippen molar-refractivity contribution >= 4 is 45.5 Å². The normalized spacial score (nSPS) is 12.2. The average molecular weight is 470 g/mol. The van der Waals surface area contributed by atoms with Gasteiger partial charge in [0.05, 0.1) is 29.1 Å². The molecule has 0 saturated heterocycles. The number of halogens is 2. The summed E-state index contributed by atoms with van der Waals surface area (Å²) in [4.78, 5) is 21.5. The van der Waals surface area contributed by atoms with Gasteiger partial charge in [0.25, 0.3) is 5.91 Å². The predicted molar refractivity (Wildman–Crippen MR) is 103 cm³/mol. The van der Waals surface area contributed by atoms with Crippen LogP contribution in [0.3, 0.4) is 0 Å². The molecule has 1 aromatic carbocycles. The maximum atomic E-state index is 14.2. The summed E-state index contributed by atoms with van der Waals surface area (Å²) in [5, 5.41) is 12.2. The first-order valence-electron chi connectivity index (χ1n) is 7.73. The number of nitrogens with one attached hydrogen (secondary N) is 2. The lowest BCUT2D eigenvalue weighted by Crippen LogP contribution is -2.28. The minimum Gasteiger partial charge on any atom is -0.391 e. The zero-order chi connectivity index (χ0) is 18.7. The van der Waals surface area contributed by atoms with E-state index in [1.54, 1.807) is 34.9 Å². The number of anilines is 2. The predicted octanol–water partition coefficient (Wildman–Crippen LogP) is 2.86. The number of carbonyl (C=O) groups is 1. The second kappa shape index (κ2) is 7.98. The quantitative estimate of drug-likeness (QED) is 0.381. The lowest BCUT2D eigenvalue weighted by molar-refractivity contribution is -0.00684. The van der Waals surface area contributed by atoms with E-state index in [9.17, 15) is 14.3 Å². The van der Waals surface area contributed by atoms with Gasteiger partial charge in [-0.25, -0.2) is 14.9 Å². The Hall–Kier alpha value is -2.24. The topological polar surface area (TPSA) is 87.9 Å². The van der Waals surface area contributed by atoms with Gasteiger partial charge in [0.2, 0.25) is 0 Å². The summed E-state index contributed by atoms with van der Waals surface area (Å²) in [5.74, 6) is -0.626. The van der Waals surface area contributed by atoms with Gasteiger partial charge >= 0.3 is 0 Å². The van der Waals surface area contributed by atoms with Gasteiger partial charge in [-0.2, -0.15) is 0 Å². The standard InChI is InChI=1S/C17H16FIN4O3/c1-10(24)8-26-22-17(25)13-4-3-12-7-20-9-23(12)16(13)21-15-5-2-11(19)6-14(15)18/h2-7,9-10,21,24H,8H2,1H3,(H,22,25)/t10-/m0/s1. The van der Waals surface area contributed by atoms with Crippen molar-refractivity contribution in [3.63, 3.8) is 0 Å². The van der Waals surface area contributed by atoms with Crippen molar-refractivity contribution in [3.8, 4) is 0 Å². The molecule has 3 N–H and O–H groups in total. The third-order valence-electron chi connectivity index (χ3n) is 3.50. The minimum atomic E-state index is -0.718. The molecule has 0 radical (unpaired) electrons. The smallest absolute Gasteiger partial charge is 0.278 e. The zero-order valence-electron chi connectivity index (χ0n) is 13.7. The first-order valence-corrected chi connectivity index (χ1v) is 8.81. The van der Waals surface area contributed by atoms with Gasteiger partial charge in [-0.3, -0.25) is 14.0 Å². The SMILES string of the molecule is C[C@H](O)CONC(=O)c1ccc2cncn2c1Nc1ccc(I)cc1F. The summed E-state index contributed by atoms with van der Waals surface area (Å²) in [7, 11) is 0. The van der Waals surface area contributed by atoms with E-state index in [0.29, 0.717) is 5.82 Å². The molecule has 0 unspecified atom stereocenters. The Morgan fingerprint density at radius 1 is 1.42 bits per heavy atom. The number of imidazole rings is 1. The summed E-state index contributed by atoms with van der Waals surface area (Å²) in [6.45, 7) is 1.49. The Morgan fingerprint density at radius 3 is 2.96 bits per heavy atom. The monoisotopic (exact) mass is 470 g/mol. The summed E-state index contributed by atoms with van der Waals surface area (Å²) >= 11 is 2.02. The number of aromatic nitrogens is 2. The van der Waals surface area contributed by atoms with Crippen LogP contribution in [0.15, 0.2) is 42.9 Å². The van der Waals surface area contributed by atoms with Crippen LogP contribution in [0.1, 0.15) is 17.3 Å². The number of aliphatic hydroxyl groups excluding tert-OH is 1.